The number of benzene rings is 2. The van der Waals surface area contributed by atoms with Crippen LogP contribution >= 0.6 is 0 Å². The molecule has 4 heteroatoms. The second-order valence-corrected chi connectivity index (χ2v) is 4.40. The van der Waals surface area contributed by atoms with Gasteiger partial charge in [0.25, 0.3) is 0 Å². The largest absolute Gasteiger partial charge is 0.494 e. The van der Waals surface area contributed by atoms with Crippen molar-refractivity contribution in [1.29, 1.82) is 0 Å². The maximum Gasteiger partial charge on any atom is 0.165 e. The van der Waals surface area contributed by atoms with Crippen molar-refractivity contribution >= 4 is 5.69 Å². The number of halogens is 1. The van der Waals surface area contributed by atoms with E-state index in [0.717, 1.165) is 17.0 Å². The average Bonchev–Trinajstić information content (AvgIpc) is 2.46. The Morgan fingerprint density at radius 1 is 1.26 bits per heavy atom. The molecule has 1 aliphatic heterocycles. The Bertz CT molecular complexity index is 600. The minimum Gasteiger partial charge on any atom is -0.494 e. The van der Waals surface area contributed by atoms with Crippen LogP contribution in [0.3, 0.4) is 0 Å². The number of hydrogen-bond acceptors (Lipinski definition) is 3. The van der Waals surface area contributed by atoms with E-state index >= 15 is 0 Å². The van der Waals surface area contributed by atoms with Gasteiger partial charge >= 0.3 is 0 Å². The molecule has 1 unspecified atom stereocenters. The van der Waals surface area contributed by atoms with E-state index in [0.29, 0.717) is 6.61 Å². The highest BCUT2D eigenvalue weighted by atomic mass is 19.1. The molecule has 1 atom stereocenters. The first-order chi connectivity index (χ1) is 9.28. The molecular formula is C15H14FNO2. The fourth-order valence-electron chi connectivity index (χ4n) is 2.19. The van der Waals surface area contributed by atoms with Gasteiger partial charge in [-0.05, 0) is 29.8 Å². The minimum absolute atomic E-state index is 0.0599. The van der Waals surface area contributed by atoms with Gasteiger partial charge in [0, 0.05) is 0 Å². The van der Waals surface area contributed by atoms with Crippen LogP contribution in [0.1, 0.15) is 11.6 Å². The van der Waals surface area contributed by atoms with Gasteiger partial charge in [0.1, 0.15) is 12.4 Å². The van der Waals surface area contributed by atoms with Crippen molar-refractivity contribution in [3.05, 3.63) is 53.8 Å². The number of hydrogen-bond donors (Lipinski definition) is 1. The molecule has 1 aliphatic rings. The highest BCUT2D eigenvalue weighted by molar-refractivity contribution is 5.59. The van der Waals surface area contributed by atoms with Crippen LogP contribution in [0.25, 0.3) is 0 Å². The Morgan fingerprint density at radius 2 is 2.11 bits per heavy atom. The lowest BCUT2D eigenvalue weighted by Gasteiger charge is -2.27. The lowest BCUT2D eigenvalue weighted by atomic mass is 10.1. The van der Waals surface area contributed by atoms with Crippen LogP contribution in [0.2, 0.25) is 0 Å². The fraction of sp³-hybridized carbons (Fsp3) is 0.200. The van der Waals surface area contributed by atoms with Gasteiger partial charge in [-0.25, -0.2) is 4.39 Å². The summed E-state index contributed by atoms with van der Waals surface area (Å²) >= 11 is 0. The van der Waals surface area contributed by atoms with E-state index in [1.807, 2.05) is 30.3 Å². The molecule has 0 fully saturated rings. The first-order valence-electron chi connectivity index (χ1n) is 6.10. The third-order valence-electron chi connectivity index (χ3n) is 3.20. The zero-order valence-corrected chi connectivity index (χ0v) is 10.5. The summed E-state index contributed by atoms with van der Waals surface area (Å²) in [5.41, 5.74) is 1.77. The van der Waals surface area contributed by atoms with Gasteiger partial charge in [-0.15, -0.1) is 0 Å². The van der Waals surface area contributed by atoms with Gasteiger partial charge in [0.15, 0.2) is 11.6 Å². The molecule has 1 N–H and O–H groups in total. The van der Waals surface area contributed by atoms with Crippen molar-refractivity contribution in [2.45, 2.75) is 6.04 Å². The summed E-state index contributed by atoms with van der Waals surface area (Å²) in [6.45, 7) is 0.475. The number of methoxy groups -OCH3 is 1. The molecule has 98 valence electrons. The van der Waals surface area contributed by atoms with Crippen molar-refractivity contribution < 1.29 is 13.9 Å². The first kappa shape index (κ1) is 11.8. The van der Waals surface area contributed by atoms with Crippen molar-refractivity contribution in [2.24, 2.45) is 0 Å². The Hall–Kier alpha value is -2.23. The second-order valence-electron chi connectivity index (χ2n) is 4.40. The molecule has 0 aromatic heterocycles. The van der Waals surface area contributed by atoms with Crippen LogP contribution in [0.15, 0.2) is 42.5 Å². The van der Waals surface area contributed by atoms with Crippen molar-refractivity contribution in [2.75, 3.05) is 19.0 Å². The maximum absolute atomic E-state index is 13.7. The maximum atomic E-state index is 13.7. The van der Waals surface area contributed by atoms with E-state index in [1.54, 1.807) is 6.07 Å². The molecule has 0 spiro atoms. The normalized spacial score (nSPS) is 17.1. The first-order valence-corrected chi connectivity index (χ1v) is 6.10. The summed E-state index contributed by atoms with van der Waals surface area (Å²) in [5, 5.41) is 3.35. The van der Waals surface area contributed by atoms with E-state index in [2.05, 4.69) is 5.32 Å². The van der Waals surface area contributed by atoms with Gasteiger partial charge in [-0.1, -0.05) is 18.2 Å². The van der Waals surface area contributed by atoms with E-state index in [1.165, 1.54) is 13.2 Å². The van der Waals surface area contributed by atoms with Gasteiger partial charge in [0.05, 0.1) is 18.8 Å². The summed E-state index contributed by atoms with van der Waals surface area (Å²) in [7, 11) is 1.45. The van der Waals surface area contributed by atoms with Crippen LogP contribution < -0.4 is 14.8 Å². The molecule has 3 rings (SSSR count). The summed E-state index contributed by atoms with van der Waals surface area (Å²) in [4.78, 5) is 0. The van der Waals surface area contributed by atoms with Crippen molar-refractivity contribution in [1.82, 2.24) is 0 Å². The zero-order valence-electron chi connectivity index (χ0n) is 10.5. The number of anilines is 1. The standard InChI is InChI=1S/C15H14FNO2/c1-18-14-7-6-10(8-11(14)16)13-9-19-15-5-3-2-4-12(15)17-13/h2-8,13,17H,9H2,1H3. The number of nitrogens with one attached hydrogen (secondary N) is 1. The van der Waals surface area contributed by atoms with Crippen LogP contribution in [-0.4, -0.2) is 13.7 Å². The molecule has 3 nitrogen and oxygen atoms in total. The van der Waals surface area contributed by atoms with Crippen LogP contribution in [-0.2, 0) is 0 Å². The lowest BCUT2D eigenvalue weighted by molar-refractivity contribution is 0.286. The highest BCUT2D eigenvalue weighted by Crippen LogP contribution is 2.34. The monoisotopic (exact) mass is 259 g/mol. The minimum atomic E-state index is -0.361. The summed E-state index contributed by atoms with van der Waals surface area (Å²) in [6, 6.07) is 12.6. The smallest absolute Gasteiger partial charge is 0.165 e. The molecule has 2 aromatic rings. The predicted molar refractivity (Wildman–Crippen MR) is 71.3 cm³/mol. The summed E-state index contributed by atoms with van der Waals surface area (Å²) in [5.74, 6) is 0.717. The topological polar surface area (TPSA) is 30.5 Å². The van der Waals surface area contributed by atoms with Crippen molar-refractivity contribution in [3.63, 3.8) is 0 Å². The number of ether oxygens (including phenoxy) is 2. The summed E-state index contributed by atoms with van der Waals surface area (Å²) in [6.07, 6.45) is 0. The molecular weight excluding hydrogens is 245 g/mol. The second kappa shape index (κ2) is 4.80. The van der Waals surface area contributed by atoms with Crippen molar-refractivity contribution in [3.8, 4) is 11.5 Å². The Labute approximate surface area is 111 Å². The molecule has 0 aliphatic carbocycles. The van der Waals surface area contributed by atoms with E-state index < -0.39 is 0 Å². The average molecular weight is 259 g/mol. The van der Waals surface area contributed by atoms with Crippen LogP contribution in [0.5, 0.6) is 11.5 Å². The SMILES string of the molecule is COc1ccc(C2COc3ccccc3N2)cc1F. The Morgan fingerprint density at radius 3 is 2.89 bits per heavy atom. The molecule has 19 heavy (non-hydrogen) atoms. The number of fused-ring (bicyclic) bond motifs is 1. The third-order valence-corrected chi connectivity index (χ3v) is 3.20. The molecule has 0 radical (unpaired) electrons. The van der Waals surface area contributed by atoms with Gasteiger partial charge < -0.3 is 14.8 Å². The van der Waals surface area contributed by atoms with E-state index in [-0.39, 0.29) is 17.6 Å². The highest BCUT2D eigenvalue weighted by Gasteiger charge is 2.20. The van der Waals surface area contributed by atoms with Gasteiger partial charge in [0.2, 0.25) is 0 Å². The molecule has 0 saturated carbocycles. The van der Waals surface area contributed by atoms with E-state index in [4.69, 9.17) is 9.47 Å². The molecule has 0 saturated heterocycles. The molecule has 1 heterocycles. The number of para-hydroxylation sites is 2. The van der Waals surface area contributed by atoms with Gasteiger partial charge in [-0.3, -0.25) is 0 Å². The fourth-order valence-corrected chi connectivity index (χ4v) is 2.19. The molecule has 2 aromatic carbocycles. The zero-order chi connectivity index (χ0) is 13.2. The molecule has 0 amide bonds. The van der Waals surface area contributed by atoms with E-state index in [9.17, 15) is 4.39 Å². The Balaban J connectivity index is 1.87. The quantitative estimate of drug-likeness (QED) is 0.896. The predicted octanol–water partition coefficient (Wildman–Crippen LogP) is 3.38. The van der Waals surface area contributed by atoms with Crippen LogP contribution in [0.4, 0.5) is 10.1 Å². The van der Waals surface area contributed by atoms with Gasteiger partial charge in [-0.2, -0.15) is 0 Å². The third kappa shape index (κ3) is 2.21. The molecule has 0 bridgehead atoms. The lowest BCUT2D eigenvalue weighted by Crippen LogP contribution is -2.23. The number of rotatable bonds is 2. The Kier molecular flexibility index (Phi) is 2.99. The van der Waals surface area contributed by atoms with Crippen LogP contribution in [0, 0.1) is 5.82 Å². The summed E-state index contributed by atoms with van der Waals surface area (Å²) < 4.78 is 24.3.